The third-order valence-corrected chi connectivity index (χ3v) is 12.5. The van der Waals surface area contributed by atoms with Gasteiger partial charge in [0.15, 0.2) is 18.9 Å². The summed E-state index contributed by atoms with van der Waals surface area (Å²) in [6.07, 6.45) is 1.12. The number of nitrogens with zero attached hydrogens (tertiary/aromatic N) is 10. The van der Waals surface area contributed by atoms with Gasteiger partial charge in [-0.05, 0) is 115 Å². The zero-order chi connectivity index (χ0) is 53.1. The van der Waals surface area contributed by atoms with Gasteiger partial charge in [0, 0.05) is 33.8 Å². The summed E-state index contributed by atoms with van der Waals surface area (Å²) in [5.74, 6) is 0.764. The number of hydrogen-bond acceptors (Lipinski definition) is 26. The van der Waals surface area contributed by atoms with E-state index < -0.39 is 15.0 Å². The molecule has 0 radical (unpaired) electrons. The summed E-state index contributed by atoms with van der Waals surface area (Å²) in [5.41, 5.74) is 9.13. The molecule has 386 valence electrons. The quantitative estimate of drug-likeness (QED) is 0.00422. The molecule has 0 saturated heterocycles. The van der Waals surface area contributed by atoms with Crippen molar-refractivity contribution in [2.24, 2.45) is 35.7 Å². The first-order chi connectivity index (χ1) is 36.3. The van der Waals surface area contributed by atoms with Crippen LogP contribution in [0.25, 0.3) is 27.5 Å². The summed E-state index contributed by atoms with van der Waals surface area (Å²) in [7, 11) is -0.683. The van der Waals surface area contributed by atoms with Crippen molar-refractivity contribution in [3.8, 4) is 28.7 Å². The average Bonchev–Trinajstić information content (AvgIpc) is 3.83. The van der Waals surface area contributed by atoms with Gasteiger partial charge in [0.05, 0.1) is 67.4 Å². The van der Waals surface area contributed by atoms with E-state index in [0.717, 1.165) is 24.5 Å². The number of aromatic nitrogens is 3. The van der Waals surface area contributed by atoms with E-state index in [-0.39, 0.29) is 74.0 Å². The molecule has 75 heavy (non-hydrogen) atoms. The molecule has 0 unspecified atom stereocenters. The van der Waals surface area contributed by atoms with E-state index in [2.05, 4.69) is 65.6 Å². The van der Waals surface area contributed by atoms with Gasteiger partial charge in [0.2, 0.25) is 0 Å². The van der Waals surface area contributed by atoms with Gasteiger partial charge in [-0.2, -0.15) is 18.3 Å². The van der Waals surface area contributed by atoms with Crippen LogP contribution in [0.4, 0.5) is 51.2 Å². The minimum atomic E-state index is -4.86. The van der Waals surface area contributed by atoms with E-state index in [1.54, 1.807) is 91.9 Å². The Kier molecular flexibility index (Phi) is 17.0. The van der Waals surface area contributed by atoms with Crippen LogP contribution < -0.4 is 25.3 Å². The molecule has 0 saturated carbocycles. The summed E-state index contributed by atoms with van der Waals surface area (Å²) >= 11 is 1.34. The number of fused-ring (bicyclic) bond motifs is 2. The second kappa shape index (κ2) is 24.1. The van der Waals surface area contributed by atoms with Crippen LogP contribution in [0.15, 0.2) is 160 Å². The van der Waals surface area contributed by atoms with E-state index >= 15 is 0 Å². The molecule has 0 atom stereocenters. The van der Waals surface area contributed by atoms with Crippen LogP contribution in [0.3, 0.4) is 0 Å². The Labute approximate surface area is 432 Å². The minimum absolute atomic E-state index is 0.00562. The lowest BCUT2D eigenvalue weighted by atomic mass is 10.1. The number of aryl methyl sites for hydroxylation is 1. The average molecular weight is 1080 g/mol. The highest BCUT2D eigenvalue weighted by Gasteiger charge is 2.21. The Morgan fingerprint density at radius 2 is 1.35 bits per heavy atom. The van der Waals surface area contributed by atoms with Gasteiger partial charge >= 0.3 is 0 Å². The molecule has 0 aliphatic heterocycles. The van der Waals surface area contributed by atoms with Gasteiger partial charge in [-0.15, -0.1) is 44.4 Å². The standard InChI is InChI=1S/C46H40N12O14S3/c1-25-15-38(53-55-45-43(74-72-70-61)17-26-16-28(7-14-32(26)46(45)59)48-24-68-30-10-5-27(47)6-11-30)41(66-3)20-33(25)50-52-39-18-34(49-23-65-2)35(21-42(39)67-4)51-54-40-19-36-37(22-44(40)75(62,63)64)57-58(56-36)29-8-12-31(13-9-29)73-71-69-60/h5-23,48,59-61H,24,47H2,1-4H3,(H,62,63,64)/b49-23-,52-50?,54-51?,55-53?. The molecule has 1 aromatic heterocycles. The summed E-state index contributed by atoms with van der Waals surface area (Å²) in [4.78, 5) is 5.75. The number of rotatable bonds is 22. The second-order valence-electron chi connectivity index (χ2n) is 15.2. The molecule has 8 aromatic rings. The van der Waals surface area contributed by atoms with E-state index in [0.29, 0.717) is 61.8 Å². The van der Waals surface area contributed by atoms with E-state index in [1.807, 2.05) is 0 Å². The number of azo groups is 3. The smallest absolute Gasteiger partial charge is 0.296 e. The number of anilines is 2. The van der Waals surface area contributed by atoms with Crippen molar-refractivity contribution in [3.63, 3.8) is 0 Å². The predicted molar refractivity (Wildman–Crippen MR) is 274 cm³/mol. The van der Waals surface area contributed by atoms with Crippen molar-refractivity contribution in [1.82, 2.24) is 15.0 Å². The second-order valence-corrected chi connectivity index (χ2v) is 18.1. The molecule has 7 N–H and O–H groups in total. The summed E-state index contributed by atoms with van der Waals surface area (Å²) in [6.45, 7) is 1.89. The molecule has 0 aliphatic rings. The topological polar surface area (TPSA) is 344 Å². The van der Waals surface area contributed by atoms with Gasteiger partial charge < -0.3 is 35.1 Å². The van der Waals surface area contributed by atoms with Crippen molar-refractivity contribution in [2.75, 3.05) is 39.1 Å². The van der Waals surface area contributed by atoms with Crippen LogP contribution in [0.5, 0.6) is 23.0 Å². The number of aliphatic imine (C=N–C) groups is 1. The maximum atomic E-state index is 12.6. The number of benzene rings is 7. The highest BCUT2D eigenvalue weighted by Crippen LogP contribution is 2.47. The van der Waals surface area contributed by atoms with Crippen molar-refractivity contribution in [2.45, 2.75) is 21.6 Å². The molecule has 0 bridgehead atoms. The first-order valence-electron chi connectivity index (χ1n) is 21.3. The third kappa shape index (κ3) is 12.9. The number of ether oxygens (including phenoxy) is 4. The van der Waals surface area contributed by atoms with Gasteiger partial charge in [0.25, 0.3) is 10.1 Å². The van der Waals surface area contributed by atoms with Crippen molar-refractivity contribution in [3.05, 3.63) is 115 Å². The number of aromatic hydroxyl groups is 1. The molecule has 0 aliphatic carbocycles. The Morgan fingerprint density at radius 3 is 2.04 bits per heavy atom. The van der Waals surface area contributed by atoms with Crippen LogP contribution in [-0.4, -0.2) is 78.0 Å². The van der Waals surface area contributed by atoms with Crippen molar-refractivity contribution < 1.29 is 66.3 Å². The molecular weight excluding hydrogens is 1040 g/mol. The van der Waals surface area contributed by atoms with E-state index in [4.69, 9.17) is 39.5 Å². The van der Waals surface area contributed by atoms with Crippen LogP contribution in [0.1, 0.15) is 5.56 Å². The molecule has 0 fully saturated rings. The fourth-order valence-electron chi connectivity index (χ4n) is 6.88. The predicted octanol–water partition coefficient (Wildman–Crippen LogP) is 12.3. The molecular formula is C46H40N12O14S3. The fraction of sp³-hybridized carbons (Fsp3) is 0.109. The maximum absolute atomic E-state index is 12.6. The number of phenolic OH excluding ortho intramolecular Hbond substituents is 1. The molecule has 0 amide bonds. The number of methoxy groups -OCH3 is 3. The lowest BCUT2D eigenvalue weighted by molar-refractivity contribution is -0.432. The van der Waals surface area contributed by atoms with Gasteiger partial charge in [-0.3, -0.25) is 4.55 Å². The number of nitrogens with one attached hydrogen (secondary N) is 1. The summed E-state index contributed by atoms with van der Waals surface area (Å²) in [5, 5.41) is 75.4. The van der Waals surface area contributed by atoms with Gasteiger partial charge in [0.1, 0.15) is 61.6 Å². The first kappa shape index (κ1) is 52.9. The Morgan fingerprint density at radius 1 is 0.707 bits per heavy atom. The van der Waals surface area contributed by atoms with Crippen LogP contribution in [0.2, 0.25) is 0 Å². The van der Waals surface area contributed by atoms with E-state index in [1.165, 1.54) is 44.3 Å². The Hall–Kier alpha value is -8.36. The maximum Gasteiger partial charge on any atom is 0.296 e. The fourth-order valence-corrected chi connectivity index (χ4v) is 8.35. The molecule has 0 spiro atoms. The molecule has 1 heterocycles. The normalized spacial score (nSPS) is 12.0. The molecule has 26 nitrogen and oxygen atoms in total. The summed E-state index contributed by atoms with van der Waals surface area (Å²) in [6, 6.07) is 28.9. The zero-order valence-electron chi connectivity index (χ0n) is 39.3. The van der Waals surface area contributed by atoms with Gasteiger partial charge in [-0.25, -0.2) is 15.5 Å². The van der Waals surface area contributed by atoms with Crippen LogP contribution in [-0.2, 0) is 33.6 Å². The molecule has 8 rings (SSSR count). The lowest BCUT2D eigenvalue weighted by Crippen LogP contribution is -2.08. The number of nitrogens with two attached hydrogens (primary N) is 1. The highest BCUT2D eigenvalue weighted by atomic mass is 32.2. The number of hydrogen-bond donors (Lipinski definition) is 6. The van der Waals surface area contributed by atoms with Crippen LogP contribution in [0, 0.1) is 6.92 Å². The SMILES string of the molecule is CO/C=N\c1cc(N=Nc2cc(OC)c(N=Nc3c(SOOO)cc4cc(NCOc5ccc(N)cc5)ccc4c3O)cc2C)c(OC)cc1N=Nc1cc2nn(-c3ccc(SOOO)cc3)nc2cc1S(=O)(=O)O. The van der Waals surface area contributed by atoms with Crippen molar-refractivity contribution in [1.29, 1.82) is 0 Å². The summed E-state index contributed by atoms with van der Waals surface area (Å²) < 4.78 is 66.7. The largest absolute Gasteiger partial charge is 0.505 e. The Bertz CT molecular complexity index is 3610. The van der Waals surface area contributed by atoms with E-state index in [9.17, 15) is 18.1 Å². The minimum Gasteiger partial charge on any atom is -0.505 e. The number of nitrogen functional groups attached to an aromatic ring is 1. The molecule has 7 aromatic carbocycles. The monoisotopic (exact) mass is 1080 g/mol. The third-order valence-electron chi connectivity index (χ3n) is 10.4. The van der Waals surface area contributed by atoms with Crippen LogP contribution >= 0.6 is 24.1 Å². The van der Waals surface area contributed by atoms with Gasteiger partial charge in [-0.1, -0.05) is 10.1 Å². The highest BCUT2D eigenvalue weighted by molar-refractivity contribution is 7.95. The number of phenols is 1. The first-order valence-corrected chi connectivity index (χ1v) is 24.2. The molecule has 29 heteroatoms. The zero-order valence-corrected chi connectivity index (χ0v) is 41.8. The lowest BCUT2D eigenvalue weighted by Gasteiger charge is -2.13. The Balaban J connectivity index is 1.05. The van der Waals surface area contributed by atoms with Crippen molar-refractivity contribution >= 4 is 114 Å².